The summed E-state index contributed by atoms with van der Waals surface area (Å²) in [6.07, 6.45) is 1.70. The highest BCUT2D eigenvalue weighted by Gasteiger charge is 2.62. The number of hydrogen-bond donors (Lipinski definition) is 4. The maximum Gasteiger partial charge on any atom is 0.329 e. The van der Waals surface area contributed by atoms with Crippen LogP contribution >= 0.6 is 0 Å². The van der Waals surface area contributed by atoms with Crippen molar-refractivity contribution in [1.82, 2.24) is 4.90 Å². The van der Waals surface area contributed by atoms with Crippen LogP contribution in [0.15, 0.2) is 36.0 Å². The van der Waals surface area contributed by atoms with E-state index in [1.165, 1.54) is 21.1 Å². The summed E-state index contributed by atoms with van der Waals surface area (Å²) < 4.78 is 29.1. The summed E-state index contributed by atoms with van der Waals surface area (Å²) in [6, 6.07) is -1.20. The molecule has 4 rings (SSSR count). The number of piperidine rings is 1. The Balaban J connectivity index is 1.78. The maximum absolute atomic E-state index is 14.3. The highest BCUT2D eigenvalue weighted by molar-refractivity contribution is 6.10. The number of amides is 1. The Kier molecular flexibility index (Phi) is 17.4. The van der Waals surface area contributed by atoms with Crippen molar-refractivity contribution < 1.29 is 63.3 Å². The molecule has 0 radical (unpaired) electrons. The van der Waals surface area contributed by atoms with E-state index in [1.807, 2.05) is 26.0 Å². The van der Waals surface area contributed by atoms with Crippen LogP contribution in [-0.2, 0) is 42.9 Å². The first-order chi connectivity index (χ1) is 27.4. The van der Waals surface area contributed by atoms with E-state index < -0.39 is 90.0 Å². The van der Waals surface area contributed by atoms with Gasteiger partial charge in [0.2, 0.25) is 5.78 Å². The van der Waals surface area contributed by atoms with E-state index in [-0.39, 0.29) is 43.1 Å². The van der Waals surface area contributed by atoms with Gasteiger partial charge in [-0.05, 0) is 89.0 Å². The summed E-state index contributed by atoms with van der Waals surface area (Å²) in [5.74, 6) is -8.50. The van der Waals surface area contributed by atoms with E-state index in [4.69, 9.17) is 23.7 Å². The molecule has 15 atom stereocenters. The van der Waals surface area contributed by atoms with Crippen molar-refractivity contribution in [2.45, 2.75) is 159 Å². The molecule has 0 aromatic rings. The van der Waals surface area contributed by atoms with Gasteiger partial charge in [0, 0.05) is 46.1 Å². The fourth-order valence-electron chi connectivity index (χ4n) is 9.48. The first kappa shape index (κ1) is 47.9. The maximum atomic E-state index is 14.3. The Morgan fingerprint density at radius 3 is 2.28 bits per heavy atom. The summed E-state index contributed by atoms with van der Waals surface area (Å²) in [7, 11) is 4.34. The molecule has 3 heterocycles. The summed E-state index contributed by atoms with van der Waals surface area (Å²) in [5.41, 5.74) is 1.55. The van der Waals surface area contributed by atoms with E-state index in [9.17, 15) is 39.6 Å². The Morgan fingerprint density at radius 1 is 0.948 bits per heavy atom. The first-order valence-corrected chi connectivity index (χ1v) is 21.0. The van der Waals surface area contributed by atoms with Gasteiger partial charge in [0.1, 0.15) is 36.2 Å². The lowest BCUT2D eigenvalue weighted by Crippen LogP contribution is -2.60. The molecule has 0 aromatic carbocycles. The van der Waals surface area contributed by atoms with Gasteiger partial charge in [-0.2, -0.15) is 0 Å². The molecule has 1 amide bonds. The molecule has 0 spiro atoms. The minimum absolute atomic E-state index is 0.0309. The van der Waals surface area contributed by atoms with Crippen molar-refractivity contribution in [2.75, 3.05) is 27.9 Å². The topological polar surface area (TPSA) is 199 Å². The number of hydrogen-bond acceptors (Lipinski definition) is 13. The molecule has 4 N–H and O–H groups in total. The number of methoxy groups -OCH3 is 3. The number of carbonyl (C=O) groups excluding carboxylic acids is 4. The van der Waals surface area contributed by atoms with E-state index in [0.29, 0.717) is 56.9 Å². The zero-order valence-corrected chi connectivity index (χ0v) is 35.7. The Bertz CT molecular complexity index is 1510. The molecule has 1 aliphatic carbocycles. The number of fused-ring (bicyclic) bond motifs is 3. The second kappa shape index (κ2) is 21.1. The summed E-state index contributed by atoms with van der Waals surface area (Å²) in [6.45, 7) is 12.8. The number of ketones is 2. The number of Topliss-reactive ketones (excluding diaryl/α,β-unsaturated/α-hetero) is 2. The average molecular weight is 820 g/mol. The van der Waals surface area contributed by atoms with E-state index >= 15 is 0 Å². The van der Waals surface area contributed by atoms with Gasteiger partial charge in [-0.1, -0.05) is 44.6 Å². The van der Waals surface area contributed by atoms with Crippen molar-refractivity contribution >= 4 is 23.4 Å². The van der Waals surface area contributed by atoms with Crippen LogP contribution in [0.3, 0.4) is 0 Å². The molecule has 1 saturated carbocycles. The van der Waals surface area contributed by atoms with Gasteiger partial charge in [-0.15, -0.1) is 6.58 Å². The number of ether oxygens (including phenoxy) is 5. The minimum Gasteiger partial charge on any atom is -0.456 e. The zero-order chi connectivity index (χ0) is 43.1. The number of aliphatic hydroxyl groups is 4. The summed E-state index contributed by atoms with van der Waals surface area (Å²) in [5, 5.41) is 45.6. The number of esters is 1. The molecule has 2 bridgehead atoms. The number of allylic oxidation sites excluding steroid dienone is 4. The van der Waals surface area contributed by atoms with Gasteiger partial charge in [0.25, 0.3) is 5.91 Å². The molecule has 328 valence electrons. The van der Waals surface area contributed by atoms with Crippen LogP contribution in [0.2, 0.25) is 0 Å². The van der Waals surface area contributed by atoms with E-state index in [0.717, 1.165) is 10.5 Å². The summed E-state index contributed by atoms with van der Waals surface area (Å²) >= 11 is 0. The Morgan fingerprint density at radius 2 is 1.64 bits per heavy atom. The molecule has 0 aromatic heterocycles. The molecule has 2 saturated heterocycles. The SMILES string of the molecule is C=CC[C@@H]1/C=C(/C)C[C@H](C)C[C@H](OC)[C@H](O)[C@@H](OC)C2OC(O)(C(=O)C2C)C(=O)N2CCCC[C@H]2C(=O)O[C@H](/C(C)=C/[C@@H]2CC[C@@H](O)[C@H](OC)C2)[C@H](C)[C@@H](O)CC1=O. The fraction of sp³-hybridized carbons (Fsp3) is 0.773. The van der Waals surface area contributed by atoms with Crippen LogP contribution in [0, 0.1) is 29.6 Å². The molecule has 14 heteroatoms. The molecule has 14 nitrogen and oxygen atoms in total. The van der Waals surface area contributed by atoms with Gasteiger partial charge >= 0.3 is 11.8 Å². The molecular formula is C44H69NO13. The molecule has 3 unspecified atom stereocenters. The van der Waals surface area contributed by atoms with Crippen LogP contribution < -0.4 is 0 Å². The standard InChI is InChI=1S/C44H69NO13/c1-10-13-30-19-24(2)18-25(3)20-36(55-8)37(49)40(56-9)39-28(6)41(50)44(53,58-39)43(52)45-17-12-11-14-31(45)42(51)57-38(27(5)33(47)23-34(30)48)26(4)21-29-15-16-32(46)35(22-29)54-7/h10,19,21,25,27-33,35-40,46-47,49,53H,1,11-18,20,22-23H2,2-9H3/b24-19-,26-21+/t25-,27+,28?,29-,30+,31-,32+,33-,35+,36-,37-,38+,39?,40+,44?/m0/s1. The van der Waals surface area contributed by atoms with Gasteiger partial charge in [-0.25, -0.2) is 4.79 Å². The van der Waals surface area contributed by atoms with Crippen LogP contribution in [0.5, 0.6) is 0 Å². The number of carbonyl (C=O) groups is 4. The number of cyclic esters (lactones) is 1. The van der Waals surface area contributed by atoms with Crippen LogP contribution in [0.4, 0.5) is 0 Å². The van der Waals surface area contributed by atoms with Gasteiger partial charge in [0.15, 0.2) is 0 Å². The van der Waals surface area contributed by atoms with E-state index in [1.54, 1.807) is 27.0 Å². The fourth-order valence-corrected chi connectivity index (χ4v) is 9.48. The van der Waals surface area contributed by atoms with Gasteiger partial charge in [0.05, 0.1) is 30.3 Å². The van der Waals surface area contributed by atoms with Crippen molar-refractivity contribution in [3.8, 4) is 0 Å². The molecular weight excluding hydrogens is 750 g/mol. The predicted octanol–water partition coefficient (Wildman–Crippen LogP) is 3.61. The third kappa shape index (κ3) is 10.9. The molecule has 58 heavy (non-hydrogen) atoms. The van der Waals surface area contributed by atoms with Gasteiger partial charge < -0.3 is 49.0 Å². The number of rotatable bonds is 7. The Hall–Kier alpha value is -2.82. The smallest absolute Gasteiger partial charge is 0.329 e. The predicted molar refractivity (Wildman–Crippen MR) is 214 cm³/mol. The quantitative estimate of drug-likeness (QED) is 0.165. The van der Waals surface area contributed by atoms with Crippen LogP contribution in [0.25, 0.3) is 0 Å². The van der Waals surface area contributed by atoms with Crippen molar-refractivity contribution in [2.24, 2.45) is 29.6 Å². The van der Waals surface area contributed by atoms with Crippen molar-refractivity contribution in [3.05, 3.63) is 36.0 Å². The second-order valence-electron chi connectivity index (χ2n) is 17.3. The van der Waals surface area contributed by atoms with Crippen LogP contribution in [-0.4, -0.2) is 137 Å². The van der Waals surface area contributed by atoms with Crippen molar-refractivity contribution in [3.63, 3.8) is 0 Å². The summed E-state index contributed by atoms with van der Waals surface area (Å²) in [4.78, 5) is 57.5. The van der Waals surface area contributed by atoms with Crippen molar-refractivity contribution in [1.29, 1.82) is 0 Å². The van der Waals surface area contributed by atoms with E-state index in [2.05, 4.69) is 6.58 Å². The Labute approximate surface area is 343 Å². The third-order valence-electron chi connectivity index (χ3n) is 12.9. The number of aliphatic hydroxyl groups excluding tert-OH is 3. The normalized spacial score (nSPS) is 41.8. The van der Waals surface area contributed by atoms with Gasteiger partial charge in [-0.3, -0.25) is 14.4 Å². The number of nitrogens with zero attached hydrogens (tertiary/aromatic N) is 1. The highest BCUT2D eigenvalue weighted by Crippen LogP contribution is 2.38. The lowest BCUT2D eigenvalue weighted by molar-refractivity contribution is -0.229. The van der Waals surface area contributed by atoms with Crippen LogP contribution in [0.1, 0.15) is 98.8 Å². The largest absolute Gasteiger partial charge is 0.456 e. The highest BCUT2D eigenvalue weighted by atomic mass is 16.7. The first-order valence-electron chi connectivity index (χ1n) is 21.0. The lowest BCUT2D eigenvalue weighted by atomic mass is 9.81. The lowest BCUT2D eigenvalue weighted by Gasteiger charge is -2.39. The minimum atomic E-state index is -2.96. The second-order valence-corrected chi connectivity index (χ2v) is 17.3. The molecule has 3 fully saturated rings. The zero-order valence-electron chi connectivity index (χ0n) is 35.7. The molecule has 3 aliphatic heterocycles. The monoisotopic (exact) mass is 819 g/mol. The average Bonchev–Trinajstić information content (AvgIpc) is 3.42. The third-order valence-corrected chi connectivity index (χ3v) is 12.9. The molecule has 4 aliphatic rings.